The van der Waals surface area contributed by atoms with Crippen LogP contribution in [0.2, 0.25) is 0 Å². The zero-order valence-electron chi connectivity index (χ0n) is 13.0. The van der Waals surface area contributed by atoms with Crippen molar-refractivity contribution in [3.05, 3.63) is 77.9 Å². The van der Waals surface area contributed by atoms with Crippen molar-refractivity contribution >= 4 is 23.2 Å². The lowest BCUT2D eigenvalue weighted by molar-refractivity contribution is 0.102. The van der Waals surface area contributed by atoms with Crippen molar-refractivity contribution in [1.29, 1.82) is 0 Å². The van der Waals surface area contributed by atoms with Gasteiger partial charge in [-0.15, -0.1) is 0 Å². The highest BCUT2D eigenvalue weighted by atomic mass is 19.1. The van der Waals surface area contributed by atoms with Crippen molar-refractivity contribution in [1.82, 2.24) is 9.97 Å². The normalized spacial score (nSPS) is 10.2. The van der Waals surface area contributed by atoms with Crippen LogP contribution in [0.3, 0.4) is 0 Å². The zero-order valence-corrected chi connectivity index (χ0v) is 13.0. The molecule has 1 aromatic heterocycles. The highest BCUT2D eigenvalue weighted by molar-refractivity contribution is 6.04. The highest BCUT2D eigenvalue weighted by Crippen LogP contribution is 2.16. The second-order valence-corrected chi connectivity index (χ2v) is 5.20. The molecule has 6 heteroatoms. The summed E-state index contributed by atoms with van der Waals surface area (Å²) in [7, 11) is 0. The number of carbonyl (C=O) groups excluding carboxylic acids is 1. The summed E-state index contributed by atoms with van der Waals surface area (Å²) in [6.07, 6.45) is 2.84. The fraction of sp³-hybridized carbons (Fsp3) is 0.0556. The molecule has 0 radical (unpaired) electrons. The Morgan fingerprint density at radius 2 is 1.79 bits per heavy atom. The Balaban J connectivity index is 1.70. The van der Waals surface area contributed by atoms with Crippen LogP contribution in [-0.2, 0) is 0 Å². The molecule has 2 N–H and O–H groups in total. The van der Waals surface area contributed by atoms with Gasteiger partial charge >= 0.3 is 0 Å². The third kappa shape index (κ3) is 3.73. The van der Waals surface area contributed by atoms with Crippen molar-refractivity contribution in [2.45, 2.75) is 6.92 Å². The smallest absolute Gasteiger partial charge is 0.258 e. The predicted octanol–water partition coefficient (Wildman–Crippen LogP) is 3.92. The molecule has 5 nitrogen and oxygen atoms in total. The van der Waals surface area contributed by atoms with Crippen LogP contribution in [0, 0.1) is 12.7 Å². The zero-order chi connectivity index (χ0) is 16.9. The fourth-order valence-electron chi connectivity index (χ4n) is 2.11. The fourth-order valence-corrected chi connectivity index (χ4v) is 2.11. The number of rotatable bonds is 4. The number of anilines is 3. The standard InChI is InChI=1S/C18H15FN4O/c1-12-5-2-3-8-16(12)23-17(24)13-10-20-18(21-11-13)22-15-7-4-6-14(19)9-15/h2-11H,1H3,(H,23,24)(H,20,21,22). The molecule has 0 spiro atoms. The molecule has 0 aliphatic rings. The minimum Gasteiger partial charge on any atom is -0.324 e. The van der Waals surface area contributed by atoms with E-state index in [0.29, 0.717) is 11.3 Å². The van der Waals surface area contributed by atoms with Crippen LogP contribution in [-0.4, -0.2) is 15.9 Å². The Morgan fingerprint density at radius 3 is 2.50 bits per heavy atom. The number of amides is 1. The summed E-state index contributed by atoms with van der Waals surface area (Å²) in [6.45, 7) is 1.91. The maximum atomic E-state index is 13.1. The second-order valence-electron chi connectivity index (χ2n) is 5.20. The molecule has 0 bridgehead atoms. The number of aryl methyl sites for hydroxylation is 1. The Kier molecular flexibility index (Phi) is 4.47. The van der Waals surface area contributed by atoms with Crippen molar-refractivity contribution in [3.8, 4) is 0 Å². The number of benzene rings is 2. The molecule has 0 unspecified atom stereocenters. The van der Waals surface area contributed by atoms with Crippen LogP contribution in [0.5, 0.6) is 0 Å². The van der Waals surface area contributed by atoms with Gasteiger partial charge in [-0.2, -0.15) is 0 Å². The van der Waals surface area contributed by atoms with E-state index in [1.807, 2.05) is 31.2 Å². The molecule has 0 saturated carbocycles. The number of carbonyl (C=O) groups is 1. The van der Waals surface area contributed by atoms with E-state index in [0.717, 1.165) is 11.3 Å². The predicted molar refractivity (Wildman–Crippen MR) is 90.8 cm³/mol. The first kappa shape index (κ1) is 15.6. The van der Waals surface area contributed by atoms with Gasteiger partial charge < -0.3 is 10.6 Å². The Morgan fingerprint density at radius 1 is 1.04 bits per heavy atom. The molecule has 0 saturated heterocycles. The first-order chi connectivity index (χ1) is 11.6. The number of halogens is 1. The summed E-state index contributed by atoms with van der Waals surface area (Å²) in [4.78, 5) is 20.4. The first-order valence-corrected chi connectivity index (χ1v) is 7.33. The van der Waals surface area contributed by atoms with Crippen LogP contribution in [0.4, 0.5) is 21.7 Å². The molecule has 120 valence electrons. The molecule has 0 aliphatic carbocycles. The van der Waals surface area contributed by atoms with E-state index in [1.165, 1.54) is 24.5 Å². The summed E-state index contributed by atoms with van der Waals surface area (Å²) in [5.41, 5.74) is 2.58. The van der Waals surface area contributed by atoms with Crippen molar-refractivity contribution in [2.24, 2.45) is 0 Å². The molecule has 1 heterocycles. The lowest BCUT2D eigenvalue weighted by atomic mass is 10.2. The monoisotopic (exact) mass is 322 g/mol. The maximum absolute atomic E-state index is 13.1. The van der Waals surface area contributed by atoms with Gasteiger partial charge in [0, 0.05) is 23.8 Å². The van der Waals surface area contributed by atoms with Crippen LogP contribution < -0.4 is 10.6 Å². The number of hydrogen-bond donors (Lipinski definition) is 2. The lowest BCUT2D eigenvalue weighted by Crippen LogP contribution is -2.13. The average Bonchev–Trinajstić information content (AvgIpc) is 2.57. The molecule has 0 fully saturated rings. The Labute approximate surface area is 138 Å². The van der Waals surface area contributed by atoms with E-state index in [2.05, 4.69) is 20.6 Å². The summed E-state index contributed by atoms with van der Waals surface area (Å²) in [5, 5.41) is 5.69. The van der Waals surface area contributed by atoms with Gasteiger partial charge in [0.1, 0.15) is 5.82 Å². The SMILES string of the molecule is Cc1ccccc1NC(=O)c1cnc(Nc2cccc(F)c2)nc1. The van der Waals surface area contributed by atoms with Crippen LogP contribution in [0.15, 0.2) is 60.9 Å². The molecule has 3 rings (SSSR count). The molecule has 0 aliphatic heterocycles. The lowest BCUT2D eigenvalue weighted by Gasteiger charge is -2.08. The summed E-state index contributed by atoms with van der Waals surface area (Å²) < 4.78 is 13.1. The van der Waals surface area contributed by atoms with E-state index in [4.69, 9.17) is 0 Å². The molecule has 24 heavy (non-hydrogen) atoms. The molecule has 1 amide bonds. The van der Waals surface area contributed by atoms with E-state index in [9.17, 15) is 9.18 Å². The number of para-hydroxylation sites is 1. The summed E-state index contributed by atoms with van der Waals surface area (Å²) >= 11 is 0. The second kappa shape index (κ2) is 6.87. The van der Waals surface area contributed by atoms with Gasteiger partial charge in [-0.1, -0.05) is 24.3 Å². The molecule has 0 atom stereocenters. The number of nitrogens with one attached hydrogen (secondary N) is 2. The maximum Gasteiger partial charge on any atom is 0.258 e. The van der Waals surface area contributed by atoms with Crippen molar-refractivity contribution < 1.29 is 9.18 Å². The third-order valence-corrected chi connectivity index (χ3v) is 3.39. The van der Waals surface area contributed by atoms with Gasteiger partial charge in [0.05, 0.1) is 5.56 Å². The van der Waals surface area contributed by atoms with E-state index in [1.54, 1.807) is 12.1 Å². The van der Waals surface area contributed by atoms with Crippen molar-refractivity contribution in [2.75, 3.05) is 10.6 Å². The highest BCUT2D eigenvalue weighted by Gasteiger charge is 2.09. The summed E-state index contributed by atoms with van der Waals surface area (Å²) in [6, 6.07) is 13.5. The van der Waals surface area contributed by atoms with Gasteiger partial charge in [0.2, 0.25) is 5.95 Å². The topological polar surface area (TPSA) is 66.9 Å². The Hall–Kier alpha value is -3.28. The number of nitrogens with zero attached hydrogens (tertiary/aromatic N) is 2. The van der Waals surface area contributed by atoms with Crippen LogP contribution in [0.1, 0.15) is 15.9 Å². The number of aromatic nitrogens is 2. The van der Waals surface area contributed by atoms with E-state index >= 15 is 0 Å². The first-order valence-electron chi connectivity index (χ1n) is 7.33. The minimum absolute atomic E-state index is 0.285. The molecule has 2 aromatic carbocycles. The minimum atomic E-state index is -0.353. The van der Waals surface area contributed by atoms with Gasteiger partial charge in [-0.05, 0) is 36.8 Å². The Bertz CT molecular complexity index is 865. The van der Waals surface area contributed by atoms with E-state index in [-0.39, 0.29) is 17.7 Å². The van der Waals surface area contributed by atoms with Gasteiger partial charge in [-0.25, -0.2) is 14.4 Å². The molecular weight excluding hydrogens is 307 g/mol. The van der Waals surface area contributed by atoms with Crippen LogP contribution >= 0.6 is 0 Å². The molecule has 3 aromatic rings. The largest absolute Gasteiger partial charge is 0.324 e. The van der Waals surface area contributed by atoms with Crippen molar-refractivity contribution in [3.63, 3.8) is 0 Å². The van der Waals surface area contributed by atoms with Crippen LogP contribution in [0.25, 0.3) is 0 Å². The van der Waals surface area contributed by atoms with Gasteiger partial charge in [0.15, 0.2) is 0 Å². The van der Waals surface area contributed by atoms with E-state index < -0.39 is 0 Å². The average molecular weight is 322 g/mol. The quantitative estimate of drug-likeness (QED) is 0.764. The molecular formula is C18H15FN4O. The summed E-state index contributed by atoms with van der Waals surface area (Å²) in [5.74, 6) is -0.358. The number of hydrogen-bond acceptors (Lipinski definition) is 4. The van der Waals surface area contributed by atoms with Gasteiger partial charge in [0.25, 0.3) is 5.91 Å². The van der Waals surface area contributed by atoms with Gasteiger partial charge in [-0.3, -0.25) is 4.79 Å². The third-order valence-electron chi connectivity index (χ3n) is 3.39.